The summed E-state index contributed by atoms with van der Waals surface area (Å²) in [6, 6.07) is -0.807. The number of nitrogens with one attached hydrogen (secondary N) is 2. The maximum atomic E-state index is 12.1. The van der Waals surface area contributed by atoms with E-state index in [0.29, 0.717) is 13.0 Å². The molecule has 0 unspecified atom stereocenters. The number of carbonyl (C=O) groups excluding carboxylic acids is 2. The summed E-state index contributed by atoms with van der Waals surface area (Å²) in [5, 5.41) is 5.28. The van der Waals surface area contributed by atoms with E-state index in [0.717, 1.165) is 0 Å². The van der Waals surface area contributed by atoms with Crippen LogP contribution in [-0.4, -0.2) is 42.4 Å². The first-order chi connectivity index (χ1) is 9.94. The summed E-state index contributed by atoms with van der Waals surface area (Å²) in [7, 11) is 0. The number of rotatable bonds is 7. The highest BCUT2D eigenvalue weighted by atomic mass is 16.6. The molecule has 2 N–H and O–H groups in total. The van der Waals surface area contributed by atoms with Gasteiger partial charge in [-0.25, -0.2) is 4.79 Å². The van der Waals surface area contributed by atoms with Gasteiger partial charge < -0.3 is 20.1 Å². The lowest BCUT2D eigenvalue weighted by atomic mass is 10.2. The lowest BCUT2D eigenvalue weighted by Gasteiger charge is -2.26. The van der Waals surface area contributed by atoms with Crippen LogP contribution in [-0.2, 0) is 14.3 Å². The third kappa shape index (κ3) is 11.1. The van der Waals surface area contributed by atoms with Gasteiger partial charge in [-0.3, -0.25) is 4.79 Å². The van der Waals surface area contributed by atoms with Gasteiger partial charge in [-0.15, -0.1) is 6.58 Å². The topological polar surface area (TPSA) is 76.7 Å². The standard InChI is InChI=1S/C16H30N2O4/c1-8-9-10-17-13(19)12(11-21-15(2,3)4)18-14(20)22-16(5,6)7/h8,12H,1,9-11H2,2-7H3,(H,17,19)(H,18,20)/t12-/m0/s1. The van der Waals surface area contributed by atoms with Gasteiger partial charge in [0.25, 0.3) is 0 Å². The van der Waals surface area contributed by atoms with E-state index in [1.165, 1.54) is 0 Å². The highest BCUT2D eigenvalue weighted by molar-refractivity contribution is 5.85. The van der Waals surface area contributed by atoms with E-state index in [4.69, 9.17) is 9.47 Å². The molecule has 0 fully saturated rings. The van der Waals surface area contributed by atoms with Gasteiger partial charge in [-0.2, -0.15) is 0 Å². The van der Waals surface area contributed by atoms with Crippen LogP contribution in [0.25, 0.3) is 0 Å². The van der Waals surface area contributed by atoms with Crippen molar-refractivity contribution in [2.24, 2.45) is 0 Å². The molecule has 128 valence electrons. The van der Waals surface area contributed by atoms with Crippen LogP contribution in [0, 0.1) is 0 Å². The summed E-state index contributed by atoms with van der Waals surface area (Å²) < 4.78 is 10.8. The Morgan fingerprint density at radius 1 is 1.14 bits per heavy atom. The summed E-state index contributed by atoms with van der Waals surface area (Å²) in [6.45, 7) is 15.1. The second kappa shape index (κ2) is 8.78. The van der Waals surface area contributed by atoms with E-state index in [1.54, 1.807) is 26.8 Å². The molecule has 0 heterocycles. The molecular weight excluding hydrogens is 284 g/mol. The molecule has 0 bridgehead atoms. The number of amides is 2. The van der Waals surface area contributed by atoms with Gasteiger partial charge >= 0.3 is 6.09 Å². The first-order valence-electron chi connectivity index (χ1n) is 7.46. The predicted octanol–water partition coefficient (Wildman–Crippen LogP) is 2.39. The molecule has 1 atom stereocenters. The van der Waals surface area contributed by atoms with Crippen molar-refractivity contribution in [1.29, 1.82) is 0 Å². The van der Waals surface area contributed by atoms with Crippen molar-refractivity contribution in [3.05, 3.63) is 12.7 Å². The molecule has 0 aromatic heterocycles. The normalized spacial score (nSPS) is 13.2. The molecule has 0 aliphatic carbocycles. The van der Waals surface area contributed by atoms with Gasteiger partial charge in [0.05, 0.1) is 12.2 Å². The van der Waals surface area contributed by atoms with Gasteiger partial charge in [-0.1, -0.05) is 6.08 Å². The predicted molar refractivity (Wildman–Crippen MR) is 86.7 cm³/mol. The molecule has 0 radical (unpaired) electrons. The summed E-state index contributed by atoms with van der Waals surface area (Å²) in [5.74, 6) is -0.308. The monoisotopic (exact) mass is 314 g/mol. The fourth-order valence-corrected chi connectivity index (χ4v) is 1.39. The summed E-state index contributed by atoms with van der Waals surface area (Å²) in [5.41, 5.74) is -1.03. The van der Waals surface area contributed by atoms with E-state index in [9.17, 15) is 9.59 Å². The zero-order valence-corrected chi connectivity index (χ0v) is 14.6. The Kier molecular flexibility index (Phi) is 8.16. The highest BCUT2D eigenvalue weighted by Crippen LogP contribution is 2.09. The largest absolute Gasteiger partial charge is 0.444 e. The van der Waals surface area contributed by atoms with Crippen molar-refractivity contribution < 1.29 is 19.1 Å². The highest BCUT2D eigenvalue weighted by Gasteiger charge is 2.26. The number of hydrogen-bond donors (Lipinski definition) is 2. The SMILES string of the molecule is C=CCCNC(=O)[C@H](COC(C)(C)C)NC(=O)OC(C)(C)C. The van der Waals surface area contributed by atoms with Crippen LogP contribution in [0.15, 0.2) is 12.7 Å². The molecule has 22 heavy (non-hydrogen) atoms. The quantitative estimate of drug-likeness (QED) is 0.559. The number of ether oxygens (including phenoxy) is 2. The second-order valence-corrected chi connectivity index (χ2v) is 6.99. The fourth-order valence-electron chi connectivity index (χ4n) is 1.39. The van der Waals surface area contributed by atoms with Gasteiger partial charge in [0.2, 0.25) is 5.91 Å². The number of hydrogen-bond acceptors (Lipinski definition) is 4. The van der Waals surface area contributed by atoms with Crippen molar-refractivity contribution in [2.75, 3.05) is 13.2 Å². The van der Waals surface area contributed by atoms with Gasteiger partial charge in [-0.05, 0) is 48.0 Å². The Bertz CT molecular complexity index is 381. The lowest BCUT2D eigenvalue weighted by Crippen LogP contribution is -2.51. The van der Waals surface area contributed by atoms with E-state index in [1.807, 2.05) is 20.8 Å². The van der Waals surface area contributed by atoms with Crippen LogP contribution < -0.4 is 10.6 Å². The molecule has 0 rings (SSSR count). The third-order valence-corrected chi connectivity index (χ3v) is 2.34. The lowest BCUT2D eigenvalue weighted by molar-refractivity contribution is -0.126. The summed E-state index contributed by atoms with van der Waals surface area (Å²) >= 11 is 0. The minimum Gasteiger partial charge on any atom is -0.444 e. The van der Waals surface area contributed by atoms with Gasteiger partial charge in [0.15, 0.2) is 0 Å². The van der Waals surface area contributed by atoms with Crippen LogP contribution in [0.2, 0.25) is 0 Å². The molecule has 6 heteroatoms. The zero-order chi connectivity index (χ0) is 17.4. The first kappa shape index (κ1) is 20.4. The Hall–Kier alpha value is -1.56. The van der Waals surface area contributed by atoms with Crippen LogP contribution >= 0.6 is 0 Å². The second-order valence-electron chi connectivity index (χ2n) is 6.99. The maximum absolute atomic E-state index is 12.1. The van der Waals surface area contributed by atoms with E-state index < -0.39 is 23.3 Å². The van der Waals surface area contributed by atoms with Crippen molar-refractivity contribution >= 4 is 12.0 Å². The fraction of sp³-hybridized carbons (Fsp3) is 0.750. The average Bonchev–Trinajstić information content (AvgIpc) is 2.31. The average molecular weight is 314 g/mol. The molecule has 0 aromatic rings. The number of carbonyl (C=O) groups is 2. The Morgan fingerprint density at radius 3 is 2.18 bits per heavy atom. The van der Waals surface area contributed by atoms with Gasteiger partial charge in [0, 0.05) is 6.54 Å². The van der Waals surface area contributed by atoms with Crippen molar-refractivity contribution in [3.8, 4) is 0 Å². The molecule has 0 aromatic carbocycles. The summed E-state index contributed by atoms with van der Waals surface area (Å²) in [6.07, 6.45) is 1.72. The molecule has 6 nitrogen and oxygen atoms in total. The molecule has 0 aliphatic rings. The molecular formula is C16H30N2O4. The smallest absolute Gasteiger partial charge is 0.408 e. The zero-order valence-electron chi connectivity index (χ0n) is 14.6. The molecule has 0 saturated heterocycles. The maximum Gasteiger partial charge on any atom is 0.408 e. The van der Waals surface area contributed by atoms with Crippen LogP contribution in [0.3, 0.4) is 0 Å². The molecule has 0 saturated carbocycles. The van der Waals surface area contributed by atoms with Crippen molar-refractivity contribution in [1.82, 2.24) is 10.6 Å². The van der Waals surface area contributed by atoms with E-state index in [-0.39, 0.29) is 12.5 Å². The van der Waals surface area contributed by atoms with E-state index in [2.05, 4.69) is 17.2 Å². The minimum absolute atomic E-state index is 0.0721. The Labute approximate surface area is 133 Å². The molecule has 2 amide bonds. The minimum atomic E-state index is -0.807. The van der Waals surface area contributed by atoms with Crippen LogP contribution in [0.1, 0.15) is 48.0 Å². The third-order valence-electron chi connectivity index (χ3n) is 2.34. The van der Waals surface area contributed by atoms with E-state index >= 15 is 0 Å². The van der Waals surface area contributed by atoms with Crippen molar-refractivity contribution in [2.45, 2.75) is 65.2 Å². The van der Waals surface area contributed by atoms with Crippen LogP contribution in [0.4, 0.5) is 4.79 Å². The van der Waals surface area contributed by atoms with Crippen molar-refractivity contribution in [3.63, 3.8) is 0 Å². The molecule has 0 spiro atoms. The first-order valence-corrected chi connectivity index (χ1v) is 7.46. The molecule has 0 aliphatic heterocycles. The Morgan fingerprint density at radius 2 is 1.73 bits per heavy atom. The summed E-state index contributed by atoms with van der Waals surface area (Å²) in [4.78, 5) is 24.0. The Balaban J connectivity index is 4.66. The van der Waals surface area contributed by atoms with Gasteiger partial charge in [0.1, 0.15) is 11.6 Å². The van der Waals surface area contributed by atoms with Crippen LogP contribution in [0.5, 0.6) is 0 Å². The number of alkyl carbamates (subject to hydrolysis) is 1.